The maximum Gasteiger partial charge on any atom is 0.319 e. The molecule has 0 radical (unpaired) electrons. The van der Waals surface area contributed by atoms with Crippen molar-refractivity contribution in [2.24, 2.45) is 0 Å². The van der Waals surface area contributed by atoms with Gasteiger partial charge in [-0.3, -0.25) is 0 Å². The Balaban J connectivity index is 1.83. The molecule has 0 aliphatic heterocycles. The molecule has 110 valence electrons. The van der Waals surface area contributed by atoms with Gasteiger partial charge in [-0.15, -0.1) is 0 Å². The lowest BCUT2D eigenvalue weighted by atomic mass is 10.1. The molecule has 0 saturated carbocycles. The van der Waals surface area contributed by atoms with Gasteiger partial charge in [0.1, 0.15) is 0 Å². The summed E-state index contributed by atoms with van der Waals surface area (Å²) >= 11 is 0. The van der Waals surface area contributed by atoms with Crippen LogP contribution in [0.4, 0.5) is 10.5 Å². The molecule has 0 fully saturated rings. The molecule has 2 aromatic carbocycles. The van der Waals surface area contributed by atoms with Gasteiger partial charge in [-0.1, -0.05) is 50.2 Å². The van der Waals surface area contributed by atoms with Gasteiger partial charge in [0.05, 0.1) is 0 Å². The number of urea groups is 1. The normalized spacial score (nSPS) is 10.2. The fraction of sp³-hybridized carbons (Fsp3) is 0.278. The molecule has 21 heavy (non-hydrogen) atoms. The van der Waals surface area contributed by atoms with Crippen LogP contribution in [0, 0.1) is 0 Å². The topological polar surface area (TPSA) is 41.1 Å². The SMILES string of the molecule is CCc1ccc(CNC(=O)Nc2ccc(CC)cc2)cc1. The van der Waals surface area contributed by atoms with Gasteiger partial charge < -0.3 is 10.6 Å². The summed E-state index contributed by atoms with van der Waals surface area (Å²) in [5, 5.41) is 5.70. The highest BCUT2D eigenvalue weighted by Crippen LogP contribution is 2.10. The number of carbonyl (C=O) groups excluding carboxylic acids is 1. The molecule has 2 rings (SSSR count). The van der Waals surface area contributed by atoms with Crippen molar-refractivity contribution in [1.29, 1.82) is 0 Å². The second-order valence-corrected chi connectivity index (χ2v) is 5.03. The average molecular weight is 282 g/mol. The van der Waals surface area contributed by atoms with E-state index >= 15 is 0 Å². The predicted octanol–water partition coefficient (Wildman–Crippen LogP) is 4.13. The molecule has 0 unspecified atom stereocenters. The van der Waals surface area contributed by atoms with Gasteiger partial charge >= 0.3 is 6.03 Å². The van der Waals surface area contributed by atoms with E-state index in [9.17, 15) is 4.79 Å². The Kier molecular flexibility index (Phi) is 5.38. The number of rotatable bonds is 5. The van der Waals surface area contributed by atoms with Crippen LogP contribution in [0.5, 0.6) is 0 Å². The average Bonchev–Trinajstić information content (AvgIpc) is 2.54. The number of hydrogen-bond acceptors (Lipinski definition) is 1. The Morgan fingerprint density at radius 3 is 1.81 bits per heavy atom. The van der Waals surface area contributed by atoms with E-state index in [1.807, 2.05) is 24.3 Å². The van der Waals surface area contributed by atoms with Gasteiger partial charge in [0.15, 0.2) is 0 Å². The third-order valence-corrected chi connectivity index (χ3v) is 3.50. The lowest BCUT2D eigenvalue weighted by molar-refractivity contribution is 0.251. The Morgan fingerprint density at radius 2 is 1.29 bits per heavy atom. The number of aryl methyl sites for hydroxylation is 2. The Morgan fingerprint density at radius 1 is 0.810 bits per heavy atom. The fourth-order valence-corrected chi connectivity index (χ4v) is 2.07. The van der Waals surface area contributed by atoms with Gasteiger partial charge in [0, 0.05) is 12.2 Å². The quantitative estimate of drug-likeness (QED) is 0.850. The van der Waals surface area contributed by atoms with Crippen LogP contribution in [0.25, 0.3) is 0 Å². The van der Waals surface area contributed by atoms with E-state index < -0.39 is 0 Å². The second-order valence-electron chi connectivity index (χ2n) is 5.03. The largest absolute Gasteiger partial charge is 0.334 e. The molecule has 0 aliphatic rings. The first-order valence-corrected chi connectivity index (χ1v) is 7.43. The first-order valence-electron chi connectivity index (χ1n) is 7.43. The highest BCUT2D eigenvalue weighted by atomic mass is 16.2. The molecule has 0 spiro atoms. The molecule has 3 nitrogen and oxygen atoms in total. The molecular weight excluding hydrogens is 260 g/mol. The summed E-state index contributed by atoms with van der Waals surface area (Å²) in [7, 11) is 0. The van der Waals surface area contributed by atoms with E-state index in [0.29, 0.717) is 6.54 Å². The van der Waals surface area contributed by atoms with E-state index in [0.717, 1.165) is 24.1 Å². The summed E-state index contributed by atoms with van der Waals surface area (Å²) in [5.74, 6) is 0. The van der Waals surface area contributed by atoms with Crippen LogP contribution in [0.1, 0.15) is 30.5 Å². The van der Waals surface area contributed by atoms with Crippen molar-refractivity contribution in [2.75, 3.05) is 5.32 Å². The molecule has 0 atom stereocenters. The second kappa shape index (κ2) is 7.48. The van der Waals surface area contributed by atoms with Crippen molar-refractivity contribution in [3.8, 4) is 0 Å². The highest BCUT2D eigenvalue weighted by Gasteiger charge is 2.02. The van der Waals surface area contributed by atoms with Crippen LogP contribution in [0.15, 0.2) is 48.5 Å². The minimum atomic E-state index is -0.182. The van der Waals surface area contributed by atoms with Crippen molar-refractivity contribution in [3.63, 3.8) is 0 Å². The Hall–Kier alpha value is -2.29. The maximum atomic E-state index is 11.8. The van der Waals surface area contributed by atoms with E-state index in [1.54, 1.807) is 0 Å². The number of nitrogens with one attached hydrogen (secondary N) is 2. The molecule has 2 N–H and O–H groups in total. The van der Waals surface area contributed by atoms with Crippen LogP contribution in [-0.4, -0.2) is 6.03 Å². The van der Waals surface area contributed by atoms with Gasteiger partial charge in [-0.25, -0.2) is 4.79 Å². The minimum absolute atomic E-state index is 0.182. The van der Waals surface area contributed by atoms with E-state index in [2.05, 4.69) is 48.7 Å². The third kappa shape index (κ3) is 4.63. The lowest BCUT2D eigenvalue weighted by Crippen LogP contribution is -2.28. The smallest absolute Gasteiger partial charge is 0.319 e. The van der Waals surface area contributed by atoms with Crippen molar-refractivity contribution < 1.29 is 4.79 Å². The van der Waals surface area contributed by atoms with Gasteiger partial charge in [0.2, 0.25) is 0 Å². The van der Waals surface area contributed by atoms with Crippen LogP contribution in [0.2, 0.25) is 0 Å². The van der Waals surface area contributed by atoms with E-state index in [4.69, 9.17) is 0 Å². The molecule has 0 aromatic heterocycles. The third-order valence-electron chi connectivity index (χ3n) is 3.50. The maximum absolute atomic E-state index is 11.8. The van der Waals surface area contributed by atoms with E-state index in [1.165, 1.54) is 11.1 Å². The fourth-order valence-electron chi connectivity index (χ4n) is 2.07. The van der Waals surface area contributed by atoms with Crippen LogP contribution in [-0.2, 0) is 19.4 Å². The van der Waals surface area contributed by atoms with Crippen molar-refractivity contribution in [3.05, 3.63) is 65.2 Å². The molecule has 2 amide bonds. The van der Waals surface area contributed by atoms with Crippen molar-refractivity contribution in [1.82, 2.24) is 5.32 Å². The van der Waals surface area contributed by atoms with Crippen molar-refractivity contribution >= 4 is 11.7 Å². The lowest BCUT2D eigenvalue weighted by Gasteiger charge is -2.08. The Bertz CT molecular complexity index is 573. The first kappa shape index (κ1) is 15.1. The highest BCUT2D eigenvalue weighted by molar-refractivity contribution is 5.89. The number of amides is 2. The van der Waals surface area contributed by atoms with Crippen LogP contribution in [0.3, 0.4) is 0 Å². The molecule has 2 aromatic rings. The minimum Gasteiger partial charge on any atom is -0.334 e. The zero-order valence-corrected chi connectivity index (χ0v) is 12.6. The molecule has 0 bridgehead atoms. The summed E-state index contributed by atoms with van der Waals surface area (Å²) in [6.45, 7) is 4.77. The van der Waals surface area contributed by atoms with Gasteiger partial charge in [0.25, 0.3) is 0 Å². The Labute approximate surface area is 126 Å². The van der Waals surface area contributed by atoms with Crippen LogP contribution < -0.4 is 10.6 Å². The van der Waals surface area contributed by atoms with Crippen molar-refractivity contribution in [2.45, 2.75) is 33.2 Å². The number of hydrogen-bond donors (Lipinski definition) is 2. The zero-order chi connectivity index (χ0) is 15.1. The number of carbonyl (C=O) groups is 1. The number of benzene rings is 2. The van der Waals surface area contributed by atoms with Gasteiger partial charge in [-0.05, 0) is 41.7 Å². The number of anilines is 1. The summed E-state index contributed by atoms with van der Waals surface area (Å²) in [6, 6.07) is 16.0. The summed E-state index contributed by atoms with van der Waals surface area (Å²) in [6.07, 6.45) is 2.03. The predicted molar refractivity (Wildman–Crippen MR) is 87.5 cm³/mol. The molecule has 0 saturated heterocycles. The first-order chi connectivity index (χ1) is 10.2. The summed E-state index contributed by atoms with van der Waals surface area (Å²) in [4.78, 5) is 11.8. The summed E-state index contributed by atoms with van der Waals surface area (Å²) in [5.41, 5.74) is 4.48. The zero-order valence-electron chi connectivity index (χ0n) is 12.6. The molecule has 0 heterocycles. The van der Waals surface area contributed by atoms with E-state index in [-0.39, 0.29) is 6.03 Å². The monoisotopic (exact) mass is 282 g/mol. The molecular formula is C18H22N2O. The molecule has 3 heteroatoms. The standard InChI is InChI=1S/C18H22N2O/c1-3-14-5-7-16(8-6-14)13-19-18(21)20-17-11-9-15(4-2)10-12-17/h5-12H,3-4,13H2,1-2H3,(H2,19,20,21). The van der Waals surface area contributed by atoms with Gasteiger partial charge in [-0.2, -0.15) is 0 Å². The summed E-state index contributed by atoms with van der Waals surface area (Å²) < 4.78 is 0. The van der Waals surface area contributed by atoms with Crippen LogP contribution >= 0.6 is 0 Å². The molecule has 0 aliphatic carbocycles.